The van der Waals surface area contributed by atoms with Crippen molar-refractivity contribution in [2.45, 2.75) is 33.4 Å². The summed E-state index contributed by atoms with van der Waals surface area (Å²) in [5, 5.41) is 4.18. The van der Waals surface area contributed by atoms with Gasteiger partial charge in [0.05, 0.1) is 17.2 Å². The minimum absolute atomic E-state index is 0.0130. The van der Waals surface area contributed by atoms with E-state index in [0.29, 0.717) is 12.1 Å². The molecule has 0 unspecified atom stereocenters. The Labute approximate surface area is 141 Å². The van der Waals surface area contributed by atoms with E-state index in [1.807, 2.05) is 68.7 Å². The zero-order valence-corrected chi connectivity index (χ0v) is 14.8. The molecule has 0 saturated carbocycles. The highest BCUT2D eigenvalue weighted by molar-refractivity contribution is 5.97. The molecule has 2 aromatic heterocycles. The standard InChI is InChI=1S/C18H23N5O/c1-12(2)23(11-14-9-19-21(4)10-14)18(24)15-6-7-17-16(8-15)20-13(3)22(17)5/h6-10,12H,11H2,1-5H3. The highest BCUT2D eigenvalue weighted by Gasteiger charge is 2.20. The van der Waals surface area contributed by atoms with Gasteiger partial charge >= 0.3 is 0 Å². The van der Waals surface area contributed by atoms with Gasteiger partial charge < -0.3 is 9.47 Å². The van der Waals surface area contributed by atoms with E-state index < -0.39 is 0 Å². The van der Waals surface area contributed by atoms with E-state index in [-0.39, 0.29) is 11.9 Å². The molecule has 1 amide bonds. The van der Waals surface area contributed by atoms with Gasteiger partial charge in [0, 0.05) is 44.0 Å². The summed E-state index contributed by atoms with van der Waals surface area (Å²) in [5.41, 5.74) is 3.57. The first-order valence-corrected chi connectivity index (χ1v) is 8.08. The predicted octanol–water partition coefficient (Wildman–Crippen LogP) is 2.67. The van der Waals surface area contributed by atoms with E-state index in [1.165, 1.54) is 0 Å². The van der Waals surface area contributed by atoms with Crippen molar-refractivity contribution in [1.29, 1.82) is 0 Å². The van der Waals surface area contributed by atoms with E-state index in [4.69, 9.17) is 0 Å². The number of amides is 1. The number of imidazole rings is 1. The molecule has 24 heavy (non-hydrogen) atoms. The molecule has 3 rings (SSSR count). The van der Waals surface area contributed by atoms with Crippen LogP contribution in [0.4, 0.5) is 0 Å². The average molecular weight is 325 g/mol. The molecule has 2 heterocycles. The normalized spacial score (nSPS) is 11.4. The summed E-state index contributed by atoms with van der Waals surface area (Å²) in [5.74, 6) is 0.949. The molecule has 0 aliphatic rings. The molecule has 0 aliphatic heterocycles. The van der Waals surface area contributed by atoms with E-state index in [0.717, 1.165) is 22.4 Å². The number of hydrogen-bond acceptors (Lipinski definition) is 3. The Morgan fingerprint density at radius 3 is 2.67 bits per heavy atom. The highest BCUT2D eigenvalue weighted by Crippen LogP contribution is 2.19. The van der Waals surface area contributed by atoms with Crippen molar-refractivity contribution in [3.63, 3.8) is 0 Å². The third-order valence-corrected chi connectivity index (χ3v) is 4.35. The monoisotopic (exact) mass is 325 g/mol. The number of carbonyl (C=O) groups excluding carboxylic acids is 1. The van der Waals surface area contributed by atoms with Crippen molar-refractivity contribution in [3.8, 4) is 0 Å². The first kappa shape index (κ1) is 16.2. The van der Waals surface area contributed by atoms with E-state index in [1.54, 1.807) is 10.9 Å². The lowest BCUT2D eigenvalue weighted by Gasteiger charge is -2.26. The predicted molar refractivity (Wildman–Crippen MR) is 93.7 cm³/mol. The van der Waals surface area contributed by atoms with Crippen molar-refractivity contribution in [1.82, 2.24) is 24.2 Å². The minimum atomic E-state index is 0.0130. The summed E-state index contributed by atoms with van der Waals surface area (Å²) in [4.78, 5) is 19.4. The molecular weight excluding hydrogens is 302 g/mol. The SMILES string of the molecule is Cc1nc2cc(C(=O)N(Cc3cnn(C)c3)C(C)C)ccc2n1C. The number of aryl methyl sites for hydroxylation is 3. The molecule has 6 heteroatoms. The van der Waals surface area contributed by atoms with Crippen LogP contribution in [0.2, 0.25) is 0 Å². The average Bonchev–Trinajstić information content (AvgIpc) is 3.07. The number of carbonyl (C=O) groups is 1. The van der Waals surface area contributed by atoms with Gasteiger partial charge in [-0.15, -0.1) is 0 Å². The largest absolute Gasteiger partial charge is 0.332 e. The van der Waals surface area contributed by atoms with Gasteiger partial charge in [-0.1, -0.05) is 0 Å². The Bertz CT molecular complexity index is 890. The molecule has 0 fully saturated rings. The number of aromatic nitrogens is 4. The number of hydrogen-bond donors (Lipinski definition) is 0. The molecule has 0 saturated heterocycles. The quantitative estimate of drug-likeness (QED) is 0.741. The highest BCUT2D eigenvalue weighted by atomic mass is 16.2. The zero-order chi connectivity index (χ0) is 17.4. The van der Waals surface area contributed by atoms with Crippen LogP contribution in [-0.2, 0) is 20.6 Å². The molecule has 0 radical (unpaired) electrons. The molecule has 0 N–H and O–H groups in total. The molecule has 126 valence electrons. The molecule has 6 nitrogen and oxygen atoms in total. The number of fused-ring (bicyclic) bond motifs is 1. The first-order chi connectivity index (χ1) is 11.4. The molecule has 0 aliphatic carbocycles. The zero-order valence-electron chi connectivity index (χ0n) is 14.8. The maximum absolute atomic E-state index is 13.0. The van der Waals surface area contributed by atoms with Gasteiger partial charge in [0.1, 0.15) is 5.82 Å². The lowest BCUT2D eigenvalue weighted by atomic mass is 10.1. The van der Waals surface area contributed by atoms with Gasteiger partial charge in [0.15, 0.2) is 0 Å². The van der Waals surface area contributed by atoms with Gasteiger partial charge in [0.25, 0.3) is 5.91 Å². The topological polar surface area (TPSA) is 56.0 Å². The fourth-order valence-corrected chi connectivity index (χ4v) is 2.86. The summed E-state index contributed by atoms with van der Waals surface area (Å²) in [6.45, 7) is 6.56. The number of benzene rings is 1. The Kier molecular flexibility index (Phi) is 4.13. The van der Waals surface area contributed by atoms with Gasteiger partial charge in [-0.2, -0.15) is 5.10 Å². The Hall–Kier alpha value is -2.63. The van der Waals surface area contributed by atoms with Gasteiger partial charge in [-0.25, -0.2) is 4.98 Å². The molecular formula is C18H23N5O. The van der Waals surface area contributed by atoms with Crippen molar-refractivity contribution < 1.29 is 4.79 Å². The third-order valence-electron chi connectivity index (χ3n) is 4.35. The maximum Gasteiger partial charge on any atom is 0.254 e. The van der Waals surface area contributed by atoms with Crippen LogP contribution in [-0.4, -0.2) is 36.2 Å². The maximum atomic E-state index is 13.0. The Morgan fingerprint density at radius 2 is 2.04 bits per heavy atom. The van der Waals surface area contributed by atoms with Crippen molar-refractivity contribution in [2.24, 2.45) is 14.1 Å². The van der Waals surface area contributed by atoms with Crippen molar-refractivity contribution in [2.75, 3.05) is 0 Å². The summed E-state index contributed by atoms with van der Waals surface area (Å²) >= 11 is 0. The van der Waals surface area contributed by atoms with Gasteiger partial charge in [-0.05, 0) is 39.0 Å². The summed E-state index contributed by atoms with van der Waals surface area (Å²) < 4.78 is 3.78. The first-order valence-electron chi connectivity index (χ1n) is 8.08. The molecule has 0 spiro atoms. The second-order valence-corrected chi connectivity index (χ2v) is 6.47. The number of nitrogens with zero attached hydrogens (tertiary/aromatic N) is 5. The van der Waals surface area contributed by atoms with Crippen LogP contribution >= 0.6 is 0 Å². The fraction of sp³-hybridized carbons (Fsp3) is 0.389. The lowest BCUT2D eigenvalue weighted by Crippen LogP contribution is -2.36. The fourth-order valence-electron chi connectivity index (χ4n) is 2.86. The minimum Gasteiger partial charge on any atom is -0.332 e. The van der Waals surface area contributed by atoms with Crippen LogP contribution in [0.1, 0.15) is 35.6 Å². The molecule has 0 bridgehead atoms. The summed E-state index contributed by atoms with van der Waals surface area (Å²) in [6.07, 6.45) is 3.74. The number of rotatable bonds is 4. The van der Waals surface area contributed by atoms with Crippen LogP contribution in [0.5, 0.6) is 0 Å². The lowest BCUT2D eigenvalue weighted by molar-refractivity contribution is 0.0690. The van der Waals surface area contributed by atoms with Gasteiger partial charge in [0.2, 0.25) is 0 Å². The summed E-state index contributed by atoms with van der Waals surface area (Å²) in [6, 6.07) is 5.82. The second-order valence-electron chi connectivity index (χ2n) is 6.47. The summed E-state index contributed by atoms with van der Waals surface area (Å²) in [7, 11) is 3.86. The molecule has 3 aromatic rings. The Morgan fingerprint density at radius 1 is 1.29 bits per heavy atom. The van der Waals surface area contributed by atoms with E-state index >= 15 is 0 Å². The van der Waals surface area contributed by atoms with Crippen LogP contribution in [0.25, 0.3) is 11.0 Å². The molecule has 0 atom stereocenters. The smallest absolute Gasteiger partial charge is 0.254 e. The second kappa shape index (κ2) is 6.11. The van der Waals surface area contributed by atoms with Crippen LogP contribution in [0.3, 0.4) is 0 Å². The van der Waals surface area contributed by atoms with Crippen LogP contribution in [0, 0.1) is 6.92 Å². The van der Waals surface area contributed by atoms with Crippen molar-refractivity contribution >= 4 is 16.9 Å². The van der Waals surface area contributed by atoms with Crippen molar-refractivity contribution in [3.05, 3.63) is 47.5 Å². The van der Waals surface area contributed by atoms with E-state index in [9.17, 15) is 4.79 Å². The molecule has 1 aromatic carbocycles. The Balaban J connectivity index is 1.92. The van der Waals surface area contributed by atoms with E-state index in [2.05, 4.69) is 10.1 Å². The van der Waals surface area contributed by atoms with Crippen LogP contribution < -0.4 is 0 Å². The van der Waals surface area contributed by atoms with Crippen LogP contribution in [0.15, 0.2) is 30.6 Å². The third kappa shape index (κ3) is 2.91. The van der Waals surface area contributed by atoms with Gasteiger partial charge in [-0.3, -0.25) is 9.48 Å².